The fourth-order valence-corrected chi connectivity index (χ4v) is 5.55. The fourth-order valence-electron chi connectivity index (χ4n) is 4.06. The second-order valence-corrected chi connectivity index (χ2v) is 10.6. The summed E-state index contributed by atoms with van der Waals surface area (Å²) in [6.45, 7) is -1.12. The maximum atomic E-state index is 13.4. The lowest BCUT2D eigenvalue weighted by atomic mass is 10.1. The van der Waals surface area contributed by atoms with Crippen LogP contribution in [-0.2, 0) is 16.4 Å². The molecule has 32 heavy (non-hydrogen) atoms. The van der Waals surface area contributed by atoms with Crippen molar-refractivity contribution in [2.24, 2.45) is 0 Å². The lowest BCUT2D eigenvalue weighted by Gasteiger charge is -2.24. The molecular formula is C22H25F3N4O2S. The third-order valence-corrected chi connectivity index (χ3v) is 7.41. The normalized spacial score (nSPS) is 16.9. The summed E-state index contributed by atoms with van der Waals surface area (Å²) >= 11 is 0. The van der Waals surface area contributed by atoms with E-state index in [1.165, 1.54) is 4.57 Å². The highest BCUT2D eigenvalue weighted by molar-refractivity contribution is 7.91. The smallest absolute Gasteiger partial charge is 0.382 e. The molecule has 0 bridgehead atoms. The molecular weight excluding hydrogens is 441 g/mol. The molecule has 1 aromatic carbocycles. The first kappa shape index (κ1) is 22.4. The lowest BCUT2D eigenvalue weighted by Crippen LogP contribution is -2.32. The second-order valence-electron chi connectivity index (χ2n) is 8.34. The van der Waals surface area contributed by atoms with E-state index in [9.17, 15) is 21.6 Å². The maximum absolute atomic E-state index is 13.4. The number of rotatable bonds is 5. The number of hydrogen-bond donors (Lipinski definition) is 1. The Labute approximate surface area is 185 Å². The van der Waals surface area contributed by atoms with Gasteiger partial charge in [-0.3, -0.25) is 0 Å². The average molecular weight is 467 g/mol. The van der Waals surface area contributed by atoms with Crippen LogP contribution in [0.1, 0.15) is 12.8 Å². The molecule has 1 N–H and O–H groups in total. The van der Waals surface area contributed by atoms with Crippen molar-refractivity contribution in [3.63, 3.8) is 0 Å². The van der Waals surface area contributed by atoms with Crippen molar-refractivity contribution in [2.75, 3.05) is 35.8 Å². The van der Waals surface area contributed by atoms with Crippen molar-refractivity contribution in [2.45, 2.75) is 31.6 Å². The maximum Gasteiger partial charge on any atom is 0.406 e. The molecule has 0 unspecified atom stereocenters. The van der Waals surface area contributed by atoms with Gasteiger partial charge in [-0.1, -0.05) is 6.07 Å². The fraction of sp³-hybridized carbons (Fsp3) is 0.409. The molecule has 0 atom stereocenters. The van der Waals surface area contributed by atoms with Gasteiger partial charge >= 0.3 is 6.18 Å². The minimum Gasteiger partial charge on any atom is -0.382 e. The van der Waals surface area contributed by atoms with E-state index in [1.807, 2.05) is 25.1 Å². The summed E-state index contributed by atoms with van der Waals surface area (Å²) < 4.78 is 65.0. The molecule has 0 radical (unpaired) electrons. The van der Waals surface area contributed by atoms with Crippen molar-refractivity contribution in [3.05, 3.63) is 42.6 Å². The molecule has 3 heterocycles. The van der Waals surface area contributed by atoms with Gasteiger partial charge < -0.3 is 14.8 Å². The van der Waals surface area contributed by atoms with E-state index in [0.717, 1.165) is 0 Å². The molecule has 0 amide bonds. The number of nitrogens with one attached hydrogen (secondary N) is 1. The summed E-state index contributed by atoms with van der Waals surface area (Å²) in [6.07, 6.45) is -1.86. The van der Waals surface area contributed by atoms with Crippen LogP contribution in [0.15, 0.2) is 42.6 Å². The Balaban J connectivity index is 1.76. The van der Waals surface area contributed by atoms with E-state index in [1.54, 1.807) is 36.5 Å². The van der Waals surface area contributed by atoms with E-state index >= 15 is 0 Å². The van der Waals surface area contributed by atoms with Crippen LogP contribution < -0.4 is 10.2 Å². The zero-order valence-corrected chi connectivity index (χ0v) is 18.7. The standard InChI is InChI=1S/C22H25F3N4O2S/c1-28(2)21-7-6-15(13-26-21)20-12-17-18(27-16-8-10-32(30,31)11-9-16)4-3-5-19(17)29(20)14-22(23,24)25/h3-7,12-13,16,27H,8-11,14H2,1-2H3. The molecule has 10 heteroatoms. The lowest BCUT2D eigenvalue weighted by molar-refractivity contribution is -0.139. The van der Waals surface area contributed by atoms with E-state index in [0.29, 0.717) is 46.5 Å². The number of aromatic nitrogens is 2. The van der Waals surface area contributed by atoms with E-state index in [-0.39, 0.29) is 17.5 Å². The quantitative estimate of drug-likeness (QED) is 0.607. The first-order valence-corrected chi connectivity index (χ1v) is 12.1. The molecule has 0 spiro atoms. The number of nitrogens with zero attached hydrogens (tertiary/aromatic N) is 3. The van der Waals surface area contributed by atoms with Crippen molar-refractivity contribution >= 4 is 32.2 Å². The van der Waals surface area contributed by atoms with Gasteiger partial charge in [0.1, 0.15) is 22.2 Å². The Morgan fingerprint density at radius 3 is 2.47 bits per heavy atom. The van der Waals surface area contributed by atoms with Crippen LogP contribution in [0, 0.1) is 0 Å². The first-order valence-electron chi connectivity index (χ1n) is 10.3. The zero-order chi connectivity index (χ0) is 23.1. The number of alkyl halides is 3. The number of halogens is 3. The molecule has 0 saturated carbocycles. The van der Waals surface area contributed by atoms with Gasteiger partial charge in [0, 0.05) is 43.0 Å². The zero-order valence-electron chi connectivity index (χ0n) is 17.9. The van der Waals surface area contributed by atoms with Gasteiger partial charge in [-0.2, -0.15) is 13.2 Å². The number of hydrogen-bond acceptors (Lipinski definition) is 5. The van der Waals surface area contributed by atoms with Crippen LogP contribution >= 0.6 is 0 Å². The molecule has 172 valence electrons. The monoisotopic (exact) mass is 466 g/mol. The molecule has 2 aromatic heterocycles. The topological polar surface area (TPSA) is 67.2 Å². The highest BCUT2D eigenvalue weighted by Crippen LogP contribution is 2.35. The van der Waals surface area contributed by atoms with Crippen LogP contribution in [0.5, 0.6) is 0 Å². The summed E-state index contributed by atoms with van der Waals surface area (Å²) in [5.74, 6) is 0.942. The summed E-state index contributed by atoms with van der Waals surface area (Å²) in [7, 11) is 0.690. The molecule has 6 nitrogen and oxygen atoms in total. The first-order chi connectivity index (χ1) is 15.0. The summed E-state index contributed by atoms with van der Waals surface area (Å²) in [5, 5.41) is 4.02. The second kappa shape index (κ2) is 8.31. The molecule has 4 rings (SSSR count). The SMILES string of the molecule is CN(C)c1ccc(-c2cc3c(NC4CCS(=O)(=O)CC4)cccc3n2CC(F)(F)F)cn1. The van der Waals surface area contributed by atoms with E-state index in [2.05, 4.69) is 10.3 Å². The Morgan fingerprint density at radius 2 is 1.88 bits per heavy atom. The number of anilines is 2. The van der Waals surface area contributed by atoms with Gasteiger partial charge in [-0.05, 0) is 43.2 Å². The highest BCUT2D eigenvalue weighted by atomic mass is 32.2. The van der Waals surface area contributed by atoms with Crippen LogP contribution in [0.2, 0.25) is 0 Å². The van der Waals surface area contributed by atoms with Gasteiger partial charge in [-0.25, -0.2) is 13.4 Å². The molecule has 1 aliphatic heterocycles. The molecule has 1 aliphatic rings. The van der Waals surface area contributed by atoms with Crippen LogP contribution in [-0.4, -0.2) is 55.8 Å². The third kappa shape index (κ3) is 4.85. The highest BCUT2D eigenvalue weighted by Gasteiger charge is 2.31. The van der Waals surface area contributed by atoms with Crippen molar-refractivity contribution in [1.82, 2.24) is 9.55 Å². The van der Waals surface area contributed by atoms with Crippen LogP contribution in [0.3, 0.4) is 0 Å². The average Bonchev–Trinajstić information content (AvgIpc) is 3.07. The summed E-state index contributed by atoms with van der Waals surface area (Å²) in [5.41, 5.74) is 2.18. The Hall–Kier alpha value is -2.75. The van der Waals surface area contributed by atoms with E-state index in [4.69, 9.17) is 0 Å². The number of fused-ring (bicyclic) bond motifs is 1. The van der Waals surface area contributed by atoms with Crippen molar-refractivity contribution in [1.29, 1.82) is 0 Å². The Bertz CT molecular complexity index is 1200. The Morgan fingerprint density at radius 1 is 1.16 bits per heavy atom. The molecule has 0 aliphatic carbocycles. The number of benzene rings is 1. The van der Waals surface area contributed by atoms with Crippen molar-refractivity contribution in [3.8, 4) is 11.3 Å². The third-order valence-electron chi connectivity index (χ3n) is 5.70. The van der Waals surface area contributed by atoms with Crippen LogP contribution in [0.4, 0.5) is 24.7 Å². The van der Waals surface area contributed by atoms with Gasteiger partial charge in [0.2, 0.25) is 0 Å². The van der Waals surface area contributed by atoms with Gasteiger partial charge in [-0.15, -0.1) is 0 Å². The largest absolute Gasteiger partial charge is 0.406 e. The van der Waals surface area contributed by atoms with Crippen LogP contribution in [0.25, 0.3) is 22.2 Å². The molecule has 3 aromatic rings. The minimum atomic E-state index is -4.39. The summed E-state index contributed by atoms with van der Waals surface area (Å²) in [6, 6.07) is 10.4. The predicted molar refractivity (Wildman–Crippen MR) is 121 cm³/mol. The molecule has 1 saturated heterocycles. The summed E-state index contributed by atoms with van der Waals surface area (Å²) in [4.78, 5) is 6.17. The van der Waals surface area contributed by atoms with Gasteiger partial charge in [0.25, 0.3) is 0 Å². The molecule has 1 fully saturated rings. The number of pyridine rings is 1. The number of sulfone groups is 1. The Kier molecular flexibility index (Phi) is 5.83. The van der Waals surface area contributed by atoms with Gasteiger partial charge in [0.05, 0.1) is 22.7 Å². The minimum absolute atomic E-state index is 0.0421. The van der Waals surface area contributed by atoms with Crippen molar-refractivity contribution < 1.29 is 21.6 Å². The van der Waals surface area contributed by atoms with E-state index < -0.39 is 22.6 Å². The van der Waals surface area contributed by atoms with Gasteiger partial charge in [0.15, 0.2) is 0 Å². The predicted octanol–water partition coefficient (Wildman–Crippen LogP) is 4.32.